The van der Waals surface area contributed by atoms with E-state index >= 15 is 0 Å². The molecule has 6 nitrogen and oxygen atoms in total. The van der Waals surface area contributed by atoms with E-state index < -0.39 is 11.9 Å². The van der Waals surface area contributed by atoms with Crippen LogP contribution in [0.1, 0.15) is 0 Å². The molecule has 0 unspecified atom stereocenters. The van der Waals surface area contributed by atoms with Crippen molar-refractivity contribution in [2.24, 2.45) is 5.11 Å². The zero-order valence-corrected chi connectivity index (χ0v) is 8.26. The molecule has 0 fully saturated rings. The van der Waals surface area contributed by atoms with E-state index in [0.29, 0.717) is 5.69 Å². The van der Waals surface area contributed by atoms with Crippen LogP contribution in [0.2, 0.25) is 0 Å². The summed E-state index contributed by atoms with van der Waals surface area (Å²) < 4.78 is 17.4. The summed E-state index contributed by atoms with van der Waals surface area (Å²) in [6.07, 6.45) is -0.723. The lowest BCUT2D eigenvalue weighted by Crippen LogP contribution is -2.15. The fourth-order valence-corrected chi connectivity index (χ4v) is 0.944. The van der Waals surface area contributed by atoms with E-state index in [1.165, 1.54) is 18.2 Å². The lowest BCUT2D eigenvalue weighted by Gasteiger charge is -2.05. The van der Waals surface area contributed by atoms with Crippen LogP contribution in [-0.4, -0.2) is 19.2 Å². The quantitative estimate of drug-likeness (QED) is 0.369. The Bertz CT molecular complexity index is 418. The summed E-state index contributed by atoms with van der Waals surface area (Å²) in [6.45, 7) is 0.0400. The normalized spacial score (nSPS) is 9.06. The standard InChI is InChI=1S/C9H9FN4O2/c10-7-2-1-3-8(6-7)13-9(15)16-5-4-12-14-11/h1-3,6H,4-5H2,(H,13,15). The van der Waals surface area contributed by atoms with Gasteiger partial charge in [0.15, 0.2) is 0 Å². The molecule has 0 aliphatic heterocycles. The largest absolute Gasteiger partial charge is 0.449 e. The molecule has 0 heterocycles. The third-order valence-electron chi connectivity index (χ3n) is 1.56. The number of halogens is 1. The van der Waals surface area contributed by atoms with E-state index in [4.69, 9.17) is 5.53 Å². The van der Waals surface area contributed by atoms with Crippen LogP contribution in [0.4, 0.5) is 14.9 Å². The first-order chi connectivity index (χ1) is 7.72. The van der Waals surface area contributed by atoms with Gasteiger partial charge in [0.2, 0.25) is 0 Å². The Kier molecular flexibility index (Phi) is 4.62. The summed E-state index contributed by atoms with van der Waals surface area (Å²) in [5.74, 6) is -0.452. The molecule has 0 atom stereocenters. The van der Waals surface area contributed by atoms with Gasteiger partial charge in [0.25, 0.3) is 0 Å². The van der Waals surface area contributed by atoms with Gasteiger partial charge in [-0.2, -0.15) is 0 Å². The SMILES string of the molecule is [N-]=[N+]=NCCOC(=O)Nc1cccc(F)c1. The highest BCUT2D eigenvalue weighted by Crippen LogP contribution is 2.09. The summed E-state index contributed by atoms with van der Waals surface area (Å²) in [6, 6.07) is 5.41. The van der Waals surface area contributed by atoms with Gasteiger partial charge in [0, 0.05) is 10.6 Å². The zero-order chi connectivity index (χ0) is 11.8. The van der Waals surface area contributed by atoms with Gasteiger partial charge in [0.05, 0.1) is 13.2 Å². The Morgan fingerprint density at radius 2 is 2.44 bits per heavy atom. The smallest absolute Gasteiger partial charge is 0.411 e. The molecule has 1 aromatic carbocycles. The number of azide groups is 1. The van der Waals surface area contributed by atoms with Crippen LogP contribution in [0.5, 0.6) is 0 Å². The molecule has 1 aromatic rings. The van der Waals surface area contributed by atoms with Crippen LogP contribution in [0, 0.1) is 5.82 Å². The summed E-state index contributed by atoms with van der Waals surface area (Å²) in [5.41, 5.74) is 8.26. The fourth-order valence-electron chi connectivity index (χ4n) is 0.944. The highest BCUT2D eigenvalue weighted by Gasteiger charge is 2.02. The summed E-state index contributed by atoms with van der Waals surface area (Å²) in [7, 11) is 0. The van der Waals surface area contributed by atoms with Crippen LogP contribution in [0.3, 0.4) is 0 Å². The molecule has 0 saturated heterocycles. The van der Waals surface area contributed by atoms with Crippen molar-refractivity contribution in [1.29, 1.82) is 0 Å². The average Bonchev–Trinajstić information content (AvgIpc) is 2.24. The topological polar surface area (TPSA) is 87.1 Å². The molecule has 0 bridgehead atoms. The number of nitrogens with zero attached hydrogens (tertiary/aromatic N) is 3. The Balaban J connectivity index is 2.36. The van der Waals surface area contributed by atoms with Crippen molar-refractivity contribution in [3.8, 4) is 0 Å². The van der Waals surface area contributed by atoms with E-state index in [1.807, 2.05) is 0 Å². The molecule has 0 aliphatic carbocycles. The minimum atomic E-state index is -0.723. The number of anilines is 1. The van der Waals surface area contributed by atoms with Crippen LogP contribution < -0.4 is 5.32 Å². The monoisotopic (exact) mass is 224 g/mol. The summed E-state index contributed by atoms with van der Waals surface area (Å²) >= 11 is 0. The minimum absolute atomic E-state index is 0.0226. The van der Waals surface area contributed by atoms with Gasteiger partial charge < -0.3 is 4.74 Å². The van der Waals surface area contributed by atoms with Gasteiger partial charge in [-0.15, -0.1) is 0 Å². The Morgan fingerprint density at radius 1 is 1.62 bits per heavy atom. The molecule has 1 N–H and O–H groups in total. The van der Waals surface area contributed by atoms with Crippen molar-refractivity contribution < 1.29 is 13.9 Å². The van der Waals surface area contributed by atoms with Crippen molar-refractivity contribution in [3.63, 3.8) is 0 Å². The number of hydrogen-bond acceptors (Lipinski definition) is 3. The Morgan fingerprint density at radius 3 is 3.12 bits per heavy atom. The van der Waals surface area contributed by atoms with Gasteiger partial charge in [-0.1, -0.05) is 11.2 Å². The average molecular weight is 224 g/mol. The fraction of sp³-hybridized carbons (Fsp3) is 0.222. The maximum atomic E-state index is 12.7. The van der Waals surface area contributed by atoms with E-state index in [9.17, 15) is 9.18 Å². The van der Waals surface area contributed by atoms with Crippen LogP contribution in [-0.2, 0) is 4.74 Å². The molecule has 1 rings (SSSR count). The summed E-state index contributed by atoms with van der Waals surface area (Å²) in [5, 5.41) is 5.50. The third kappa shape index (κ3) is 4.30. The summed E-state index contributed by atoms with van der Waals surface area (Å²) in [4.78, 5) is 13.6. The van der Waals surface area contributed by atoms with Gasteiger partial charge >= 0.3 is 6.09 Å². The molecule has 7 heteroatoms. The highest BCUT2D eigenvalue weighted by molar-refractivity contribution is 5.84. The predicted octanol–water partition coefficient (Wildman–Crippen LogP) is 2.68. The lowest BCUT2D eigenvalue weighted by atomic mass is 10.3. The second-order valence-corrected chi connectivity index (χ2v) is 2.73. The van der Waals surface area contributed by atoms with Gasteiger partial charge in [-0.25, -0.2) is 9.18 Å². The number of ether oxygens (including phenoxy) is 1. The van der Waals surface area contributed by atoms with Crippen LogP contribution in [0.25, 0.3) is 10.4 Å². The number of carbonyl (C=O) groups is 1. The number of benzene rings is 1. The Labute approximate surface area is 90.7 Å². The van der Waals surface area contributed by atoms with Gasteiger partial charge in [0.1, 0.15) is 5.82 Å². The predicted molar refractivity (Wildman–Crippen MR) is 55.4 cm³/mol. The first kappa shape index (κ1) is 11.8. The number of nitrogens with one attached hydrogen (secondary N) is 1. The highest BCUT2D eigenvalue weighted by atomic mass is 19.1. The van der Waals surface area contributed by atoms with Gasteiger partial charge in [-0.05, 0) is 23.7 Å². The van der Waals surface area contributed by atoms with E-state index in [-0.39, 0.29) is 13.2 Å². The molecule has 0 aromatic heterocycles. The molecule has 0 saturated carbocycles. The van der Waals surface area contributed by atoms with Crippen molar-refractivity contribution >= 4 is 11.8 Å². The first-order valence-corrected chi connectivity index (χ1v) is 4.42. The molecule has 84 valence electrons. The molecule has 0 radical (unpaired) electrons. The number of carbonyl (C=O) groups excluding carboxylic acids is 1. The molecule has 0 spiro atoms. The maximum Gasteiger partial charge on any atom is 0.411 e. The number of amides is 1. The molecule has 1 amide bonds. The van der Waals surface area contributed by atoms with E-state index in [1.54, 1.807) is 0 Å². The minimum Gasteiger partial charge on any atom is -0.449 e. The maximum absolute atomic E-state index is 12.7. The Hall–Kier alpha value is -2.27. The molecule has 0 aliphatic rings. The van der Waals surface area contributed by atoms with E-state index in [2.05, 4.69) is 20.1 Å². The molecular weight excluding hydrogens is 215 g/mol. The molecular formula is C9H9FN4O2. The zero-order valence-electron chi connectivity index (χ0n) is 8.26. The third-order valence-corrected chi connectivity index (χ3v) is 1.56. The second-order valence-electron chi connectivity index (χ2n) is 2.73. The number of hydrogen-bond donors (Lipinski definition) is 1. The van der Waals surface area contributed by atoms with Crippen LogP contribution in [0.15, 0.2) is 29.4 Å². The number of rotatable bonds is 4. The first-order valence-electron chi connectivity index (χ1n) is 4.42. The van der Waals surface area contributed by atoms with Crippen molar-refractivity contribution in [1.82, 2.24) is 0 Å². The van der Waals surface area contributed by atoms with Crippen molar-refractivity contribution in [2.75, 3.05) is 18.5 Å². The lowest BCUT2D eigenvalue weighted by molar-refractivity contribution is 0.165. The van der Waals surface area contributed by atoms with Crippen molar-refractivity contribution in [3.05, 3.63) is 40.5 Å². The van der Waals surface area contributed by atoms with E-state index in [0.717, 1.165) is 6.07 Å². The van der Waals surface area contributed by atoms with Gasteiger partial charge in [-0.3, -0.25) is 5.32 Å². The van der Waals surface area contributed by atoms with Crippen molar-refractivity contribution in [2.45, 2.75) is 0 Å². The second kappa shape index (κ2) is 6.26. The van der Waals surface area contributed by atoms with Crippen LogP contribution >= 0.6 is 0 Å². The molecule has 16 heavy (non-hydrogen) atoms.